The summed E-state index contributed by atoms with van der Waals surface area (Å²) in [4.78, 5) is 20.7. The average molecular weight is 500 g/mol. The van der Waals surface area contributed by atoms with Gasteiger partial charge in [0.1, 0.15) is 11.2 Å². The Labute approximate surface area is 202 Å². The summed E-state index contributed by atoms with van der Waals surface area (Å²) >= 11 is 6.41. The second kappa shape index (κ2) is 8.67. The minimum absolute atomic E-state index is 0.196. The molecule has 5 rings (SSSR count). The molecule has 3 aromatic heterocycles. The van der Waals surface area contributed by atoms with Gasteiger partial charge in [-0.3, -0.25) is 9.20 Å². The van der Waals surface area contributed by atoms with Crippen LogP contribution in [0.2, 0.25) is 5.15 Å². The van der Waals surface area contributed by atoms with Crippen molar-refractivity contribution in [1.82, 2.24) is 14.3 Å². The lowest BCUT2D eigenvalue weighted by Crippen LogP contribution is -2.49. The van der Waals surface area contributed by atoms with E-state index in [2.05, 4.69) is 11.1 Å². The van der Waals surface area contributed by atoms with Crippen LogP contribution in [0.4, 0.5) is 18.9 Å². The number of hydrogen-bond donors (Lipinski definition) is 0. The summed E-state index contributed by atoms with van der Waals surface area (Å²) in [6, 6.07) is 11.8. The second-order valence-corrected chi connectivity index (χ2v) is 8.36. The Hall–Kier alpha value is -3.97. The maximum absolute atomic E-state index is 13.9. The highest BCUT2D eigenvalue weighted by atomic mass is 35.5. The number of amides is 1. The minimum atomic E-state index is -4.71. The molecule has 1 amide bonds. The first-order valence-corrected chi connectivity index (χ1v) is 11.0. The Morgan fingerprint density at radius 3 is 2.51 bits per heavy atom. The van der Waals surface area contributed by atoms with E-state index in [-0.39, 0.29) is 16.4 Å². The molecule has 178 valence electrons. The highest BCUT2D eigenvalue weighted by Crippen LogP contribution is 2.37. The van der Waals surface area contributed by atoms with Gasteiger partial charge in [0, 0.05) is 43.5 Å². The molecule has 35 heavy (non-hydrogen) atoms. The monoisotopic (exact) mass is 499 g/mol. The number of para-hydroxylation sites is 1. The van der Waals surface area contributed by atoms with Crippen molar-refractivity contribution in [2.24, 2.45) is 0 Å². The van der Waals surface area contributed by atoms with E-state index in [0.29, 0.717) is 37.3 Å². The first-order chi connectivity index (χ1) is 16.8. The van der Waals surface area contributed by atoms with E-state index in [1.165, 1.54) is 29.7 Å². The van der Waals surface area contributed by atoms with Gasteiger partial charge < -0.3 is 14.2 Å². The predicted octanol–water partition coefficient (Wildman–Crippen LogP) is 5.10. The van der Waals surface area contributed by atoms with Crippen molar-refractivity contribution in [3.05, 3.63) is 77.1 Å². The Morgan fingerprint density at radius 1 is 1.11 bits per heavy atom. The molecule has 0 atom stereocenters. The number of hydrogen-bond acceptors (Lipinski definition) is 5. The van der Waals surface area contributed by atoms with E-state index in [1.54, 1.807) is 12.1 Å². The third-order valence-corrected chi connectivity index (χ3v) is 6.32. The van der Waals surface area contributed by atoms with E-state index in [1.807, 2.05) is 17.0 Å². The number of carbonyl (C=O) groups excluding carboxylic acids is 1. The smallest absolute Gasteiger partial charge is 0.420 e. The standard InChI is InChI=1S/C24H17ClF3N5O2/c25-21-20(23(34)32-8-6-31(7-9-32)19-4-2-1-3-15(19)12-29)30-22-18(24(26,27)28)11-17(13-33(21)22)16-5-10-35-14-16/h1-5,10-11,13-14H,6-9H2. The van der Waals surface area contributed by atoms with Gasteiger partial charge in [0.25, 0.3) is 5.91 Å². The molecule has 11 heteroatoms. The fourth-order valence-corrected chi connectivity index (χ4v) is 4.44. The van der Waals surface area contributed by atoms with Crippen LogP contribution in [-0.2, 0) is 6.18 Å². The maximum atomic E-state index is 13.9. The molecule has 0 unspecified atom stereocenters. The van der Waals surface area contributed by atoms with Crippen molar-refractivity contribution in [2.45, 2.75) is 6.18 Å². The summed E-state index contributed by atoms with van der Waals surface area (Å²) < 4.78 is 47.7. The van der Waals surface area contributed by atoms with Crippen molar-refractivity contribution in [3.8, 4) is 17.2 Å². The van der Waals surface area contributed by atoms with Gasteiger partial charge in [-0.05, 0) is 24.3 Å². The van der Waals surface area contributed by atoms with Crippen molar-refractivity contribution in [3.63, 3.8) is 0 Å². The fourth-order valence-electron chi connectivity index (χ4n) is 4.19. The summed E-state index contributed by atoms with van der Waals surface area (Å²) in [6.45, 7) is 1.51. The zero-order chi connectivity index (χ0) is 24.7. The van der Waals surface area contributed by atoms with Crippen LogP contribution in [-0.4, -0.2) is 46.4 Å². The van der Waals surface area contributed by atoms with E-state index in [4.69, 9.17) is 16.0 Å². The minimum Gasteiger partial charge on any atom is -0.472 e. The topological polar surface area (TPSA) is 77.8 Å². The maximum Gasteiger partial charge on any atom is 0.420 e. The zero-order valence-electron chi connectivity index (χ0n) is 18.1. The van der Waals surface area contributed by atoms with Gasteiger partial charge in [0.2, 0.25) is 0 Å². The van der Waals surface area contributed by atoms with Crippen LogP contribution >= 0.6 is 11.6 Å². The number of rotatable bonds is 3. The number of benzene rings is 1. The molecule has 1 aliphatic rings. The zero-order valence-corrected chi connectivity index (χ0v) is 18.8. The van der Waals surface area contributed by atoms with E-state index in [0.717, 1.165) is 16.2 Å². The third kappa shape index (κ3) is 4.08. The van der Waals surface area contributed by atoms with E-state index >= 15 is 0 Å². The lowest BCUT2D eigenvalue weighted by Gasteiger charge is -2.36. The lowest BCUT2D eigenvalue weighted by atomic mass is 10.1. The van der Waals surface area contributed by atoms with Crippen LogP contribution in [0, 0.1) is 11.3 Å². The molecular formula is C24H17ClF3N5O2. The second-order valence-electron chi connectivity index (χ2n) is 8.01. The van der Waals surface area contributed by atoms with Crippen molar-refractivity contribution in [2.75, 3.05) is 31.1 Å². The molecule has 1 fully saturated rings. The quantitative estimate of drug-likeness (QED) is 0.392. The molecule has 0 spiro atoms. The Morgan fingerprint density at radius 2 is 1.86 bits per heavy atom. The Kier molecular flexibility index (Phi) is 5.65. The number of fused-ring (bicyclic) bond motifs is 1. The van der Waals surface area contributed by atoms with Crippen LogP contribution in [0.3, 0.4) is 0 Å². The van der Waals surface area contributed by atoms with Crippen LogP contribution in [0.25, 0.3) is 16.8 Å². The Balaban J connectivity index is 1.46. The third-order valence-electron chi connectivity index (χ3n) is 5.96. The number of imidazole rings is 1. The number of pyridine rings is 1. The van der Waals surface area contributed by atoms with Crippen LogP contribution < -0.4 is 4.90 Å². The van der Waals surface area contributed by atoms with Crippen molar-refractivity contribution < 1.29 is 22.4 Å². The van der Waals surface area contributed by atoms with Crippen LogP contribution in [0.5, 0.6) is 0 Å². The van der Waals surface area contributed by atoms with Crippen LogP contribution in [0.1, 0.15) is 21.6 Å². The molecule has 4 heterocycles. The van der Waals surface area contributed by atoms with E-state index in [9.17, 15) is 23.2 Å². The summed E-state index contributed by atoms with van der Waals surface area (Å²) in [7, 11) is 0. The molecule has 0 aliphatic carbocycles. The number of carbonyl (C=O) groups is 1. The van der Waals surface area contributed by atoms with Gasteiger partial charge in [0.15, 0.2) is 11.3 Å². The highest BCUT2D eigenvalue weighted by molar-refractivity contribution is 6.33. The fraction of sp³-hybridized carbons (Fsp3) is 0.208. The number of halogens is 4. The largest absolute Gasteiger partial charge is 0.472 e. The molecule has 0 bridgehead atoms. The number of anilines is 1. The van der Waals surface area contributed by atoms with Gasteiger partial charge in [0.05, 0.1) is 29.3 Å². The molecule has 1 aliphatic heterocycles. The number of piperazine rings is 1. The Bertz CT molecular complexity index is 1450. The first-order valence-electron chi connectivity index (χ1n) is 10.6. The molecule has 7 nitrogen and oxygen atoms in total. The summed E-state index contributed by atoms with van der Waals surface area (Å²) in [5, 5.41) is 9.15. The van der Waals surface area contributed by atoms with Gasteiger partial charge in [-0.15, -0.1) is 0 Å². The van der Waals surface area contributed by atoms with Gasteiger partial charge in [-0.25, -0.2) is 4.98 Å². The van der Waals surface area contributed by atoms with E-state index < -0.39 is 23.3 Å². The number of aromatic nitrogens is 2. The molecule has 1 saturated heterocycles. The van der Waals surface area contributed by atoms with Crippen molar-refractivity contribution >= 4 is 28.8 Å². The number of nitriles is 1. The summed E-state index contributed by atoms with van der Waals surface area (Å²) in [5.74, 6) is -0.551. The first kappa shape index (κ1) is 22.8. The normalized spacial score (nSPS) is 14.4. The lowest BCUT2D eigenvalue weighted by molar-refractivity contribution is -0.136. The number of nitrogens with zero attached hydrogens (tertiary/aromatic N) is 5. The van der Waals surface area contributed by atoms with Gasteiger partial charge in [-0.2, -0.15) is 18.4 Å². The van der Waals surface area contributed by atoms with Crippen LogP contribution in [0.15, 0.2) is 59.5 Å². The molecule has 1 aromatic carbocycles. The summed E-state index contributed by atoms with van der Waals surface area (Å²) in [5.41, 5.74) is 0.269. The molecule has 4 aromatic rings. The SMILES string of the molecule is N#Cc1ccccc1N1CCN(C(=O)c2nc3c(C(F)(F)F)cc(-c4ccoc4)cn3c2Cl)CC1. The van der Waals surface area contributed by atoms with Gasteiger partial charge in [-0.1, -0.05) is 23.7 Å². The number of furan rings is 1. The summed E-state index contributed by atoms with van der Waals surface area (Å²) in [6.07, 6.45) is -0.637. The molecule has 0 N–H and O–H groups in total. The van der Waals surface area contributed by atoms with Gasteiger partial charge >= 0.3 is 6.18 Å². The highest BCUT2D eigenvalue weighted by Gasteiger charge is 2.37. The molecule has 0 radical (unpaired) electrons. The molecular weight excluding hydrogens is 483 g/mol. The molecule has 0 saturated carbocycles. The average Bonchev–Trinajstić information content (AvgIpc) is 3.51. The predicted molar refractivity (Wildman–Crippen MR) is 122 cm³/mol. The van der Waals surface area contributed by atoms with Crippen molar-refractivity contribution in [1.29, 1.82) is 5.26 Å². The number of alkyl halides is 3.